The zero-order valence-electron chi connectivity index (χ0n) is 13.7. The molecular weight excluding hydrogens is 338 g/mol. The Bertz CT molecular complexity index is 851. The summed E-state index contributed by atoms with van der Waals surface area (Å²) in [6.45, 7) is 2.53. The van der Waals surface area contributed by atoms with Crippen molar-refractivity contribution >= 4 is 34.2 Å². The van der Waals surface area contributed by atoms with E-state index in [1.54, 1.807) is 11.0 Å². The molecule has 1 aliphatic rings. The highest BCUT2D eigenvalue weighted by molar-refractivity contribution is 8.13. The van der Waals surface area contributed by atoms with Crippen LogP contribution in [-0.4, -0.2) is 33.2 Å². The number of carbonyl (C=O) groups is 1. The van der Waals surface area contributed by atoms with Crippen LogP contribution >= 0.6 is 11.8 Å². The van der Waals surface area contributed by atoms with Gasteiger partial charge in [0.25, 0.3) is 11.6 Å². The second-order valence-corrected chi connectivity index (χ2v) is 6.71. The van der Waals surface area contributed by atoms with Crippen molar-refractivity contribution in [1.82, 2.24) is 4.90 Å². The van der Waals surface area contributed by atoms with Gasteiger partial charge in [0.05, 0.1) is 10.6 Å². The standard InChI is InChI=1S/C18H17N3O3S/c1-13-6-2-3-9-16(13)19-18-20(10-5-11-25-18)17(22)14-7-4-8-15(12-14)21(23)24/h2-4,6-9,12H,5,10-11H2,1H3. The lowest BCUT2D eigenvalue weighted by Gasteiger charge is -2.28. The SMILES string of the molecule is Cc1ccccc1N=C1SCCCN1C(=O)c1cccc([N+](=O)[O-])c1. The van der Waals surface area contributed by atoms with Gasteiger partial charge in [-0.25, -0.2) is 4.99 Å². The molecule has 0 atom stereocenters. The molecule has 1 fully saturated rings. The number of nitro benzene ring substituents is 1. The molecule has 0 N–H and O–H groups in total. The highest BCUT2D eigenvalue weighted by Gasteiger charge is 2.26. The Morgan fingerprint density at radius 3 is 2.80 bits per heavy atom. The summed E-state index contributed by atoms with van der Waals surface area (Å²) in [7, 11) is 0. The van der Waals surface area contributed by atoms with E-state index in [1.165, 1.54) is 30.0 Å². The summed E-state index contributed by atoms with van der Waals surface area (Å²) >= 11 is 1.53. The summed E-state index contributed by atoms with van der Waals surface area (Å²) in [5, 5.41) is 11.6. The van der Waals surface area contributed by atoms with Crippen molar-refractivity contribution in [3.05, 3.63) is 69.8 Å². The second kappa shape index (κ2) is 7.48. The number of non-ortho nitro benzene ring substituents is 1. The van der Waals surface area contributed by atoms with Crippen LogP contribution in [0.15, 0.2) is 53.5 Å². The van der Waals surface area contributed by atoms with E-state index in [9.17, 15) is 14.9 Å². The van der Waals surface area contributed by atoms with Crippen molar-refractivity contribution in [1.29, 1.82) is 0 Å². The lowest BCUT2D eigenvalue weighted by molar-refractivity contribution is -0.384. The van der Waals surface area contributed by atoms with Gasteiger partial charge in [0.1, 0.15) is 0 Å². The van der Waals surface area contributed by atoms with E-state index in [1.807, 2.05) is 31.2 Å². The van der Waals surface area contributed by atoms with Crippen LogP contribution in [0.1, 0.15) is 22.3 Å². The van der Waals surface area contributed by atoms with E-state index in [0.29, 0.717) is 17.3 Å². The second-order valence-electron chi connectivity index (χ2n) is 5.65. The number of aryl methyl sites for hydroxylation is 1. The molecule has 1 amide bonds. The number of para-hydroxylation sites is 1. The molecule has 0 aromatic heterocycles. The maximum absolute atomic E-state index is 12.9. The number of rotatable bonds is 3. The Labute approximate surface area is 149 Å². The summed E-state index contributed by atoms with van der Waals surface area (Å²) in [6, 6.07) is 13.6. The molecule has 1 saturated heterocycles. The highest BCUT2D eigenvalue weighted by Crippen LogP contribution is 2.26. The van der Waals surface area contributed by atoms with Crippen molar-refractivity contribution < 1.29 is 9.72 Å². The number of benzene rings is 2. The van der Waals surface area contributed by atoms with E-state index < -0.39 is 4.92 Å². The van der Waals surface area contributed by atoms with Crippen LogP contribution in [0.2, 0.25) is 0 Å². The zero-order chi connectivity index (χ0) is 17.8. The molecule has 7 heteroatoms. The number of hydrogen-bond acceptors (Lipinski definition) is 5. The largest absolute Gasteiger partial charge is 0.287 e. The maximum atomic E-state index is 12.9. The fourth-order valence-corrected chi connectivity index (χ4v) is 3.49. The third-order valence-corrected chi connectivity index (χ3v) is 4.93. The number of amidine groups is 1. The molecule has 0 bridgehead atoms. The summed E-state index contributed by atoms with van der Waals surface area (Å²) < 4.78 is 0. The molecule has 1 heterocycles. The van der Waals surface area contributed by atoms with Crippen LogP contribution in [0.3, 0.4) is 0 Å². The van der Waals surface area contributed by atoms with Crippen molar-refractivity contribution in [2.24, 2.45) is 4.99 Å². The van der Waals surface area contributed by atoms with Crippen LogP contribution in [0, 0.1) is 17.0 Å². The van der Waals surface area contributed by atoms with E-state index in [4.69, 9.17) is 0 Å². The van der Waals surface area contributed by atoms with Crippen LogP contribution in [-0.2, 0) is 0 Å². The molecule has 6 nitrogen and oxygen atoms in total. The Morgan fingerprint density at radius 2 is 2.04 bits per heavy atom. The number of carbonyl (C=O) groups excluding carboxylic acids is 1. The number of hydrogen-bond donors (Lipinski definition) is 0. The number of aliphatic imine (C=N–C) groups is 1. The van der Waals surface area contributed by atoms with Crippen LogP contribution in [0.25, 0.3) is 0 Å². The third kappa shape index (κ3) is 3.88. The molecule has 0 aliphatic carbocycles. The zero-order valence-corrected chi connectivity index (χ0v) is 14.5. The molecule has 128 valence electrons. The van der Waals surface area contributed by atoms with Gasteiger partial charge in [-0.2, -0.15) is 0 Å². The van der Waals surface area contributed by atoms with Gasteiger partial charge in [0.15, 0.2) is 5.17 Å². The van der Waals surface area contributed by atoms with Crippen molar-refractivity contribution in [2.45, 2.75) is 13.3 Å². The van der Waals surface area contributed by atoms with Crippen LogP contribution < -0.4 is 0 Å². The lowest BCUT2D eigenvalue weighted by atomic mass is 10.1. The molecule has 2 aromatic carbocycles. The summed E-state index contributed by atoms with van der Waals surface area (Å²) in [5.74, 6) is 0.631. The van der Waals surface area contributed by atoms with E-state index in [0.717, 1.165) is 23.4 Å². The Kier molecular flexibility index (Phi) is 5.14. The predicted molar refractivity (Wildman–Crippen MR) is 99.5 cm³/mol. The minimum atomic E-state index is -0.496. The molecule has 2 aromatic rings. The third-order valence-electron chi connectivity index (χ3n) is 3.87. The minimum Gasteiger partial charge on any atom is -0.287 e. The molecule has 0 saturated carbocycles. The van der Waals surface area contributed by atoms with E-state index in [-0.39, 0.29) is 11.6 Å². The highest BCUT2D eigenvalue weighted by atomic mass is 32.2. The monoisotopic (exact) mass is 355 g/mol. The van der Waals surface area contributed by atoms with E-state index >= 15 is 0 Å². The van der Waals surface area contributed by atoms with Gasteiger partial charge in [-0.05, 0) is 31.0 Å². The molecule has 3 rings (SSSR count). The first-order valence-corrected chi connectivity index (χ1v) is 8.88. The predicted octanol–water partition coefficient (Wildman–Crippen LogP) is 4.17. The molecule has 25 heavy (non-hydrogen) atoms. The van der Waals surface area contributed by atoms with E-state index in [2.05, 4.69) is 4.99 Å². The molecule has 0 unspecified atom stereocenters. The van der Waals surface area contributed by atoms with Crippen LogP contribution in [0.4, 0.5) is 11.4 Å². The average molecular weight is 355 g/mol. The fourth-order valence-electron chi connectivity index (χ4n) is 2.54. The molecule has 0 spiro atoms. The Balaban J connectivity index is 1.93. The Hall–Kier alpha value is -2.67. The smallest absolute Gasteiger partial charge is 0.270 e. The first-order valence-electron chi connectivity index (χ1n) is 7.90. The number of amides is 1. The van der Waals surface area contributed by atoms with Gasteiger partial charge in [-0.3, -0.25) is 19.8 Å². The Morgan fingerprint density at radius 1 is 1.24 bits per heavy atom. The first kappa shape index (κ1) is 17.2. The van der Waals surface area contributed by atoms with Gasteiger partial charge in [0, 0.05) is 30.0 Å². The normalized spacial score (nSPS) is 16.0. The number of nitrogens with zero attached hydrogens (tertiary/aromatic N) is 3. The summed E-state index contributed by atoms with van der Waals surface area (Å²) in [6.07, 6.45) is 0.859. The minimum absolute atomic E-state index is 0.0899. The maximum Gasteiger partial charge on any atom is 0.270 e. The number of nitro groups is 1. The van der Waals surface area contributed by atoms with Crippen LogP contribution in [0.5, 0.6) is 0 Å². The van der Waals surface area contributed by atoms with Gasteiger partial charge in [-0.15, -0.1) is 0 Å². The number of thioether (sulfide) groups is 1. The molecule has 0 radical (unpaired) electrons. The average Bonchev–Trinajstić information content (AvgIpc) is 2.63. The summed E-state index contributed by atoms with van der Waals surface area (Å²) in [4.78, 5) is 29.6. The van der Waals surface area contributed by atoms with Gasteiger partial charge < -0.3 is 0 Å². The fraction of sp³-hybridized carbons (Fsp3) is 0.222. The topological polar surface area (TPSA) is 75.8 Å². The van der Waals surface area contributed by atoms with Crippen molar-refractivity contribution in [2.75, 3.05) is 12.3 Å². The lowest BCUT2D eigenvalue weighted by Crippen LogP contribution is -2.39. The van der Waals surface area contributed by atoms with Gasteiger partial charge in [-0.1, -0.05) is 36.0 Å². The summed E-state index contributed by atoms with van der Waals surface area (Å²) in [5.41, 5.74) is 2.06. The quantitative estimate of drug-likeness (QED) is 0.612. The first-order chi connectivity index (χ1) is 12.1. The van der Waals surface area contributed by atoms with Gasteiger partial charge >= 0.3 is 0 Å². The van der Waals surface area contributed by atoms with Gasteiger partial charge in [0.2, 0.25) is 0 Å². The van der Waals surface area contributed by atoms with Crippen molar-refractivity contribution in [3.8, 4) is 0 Å². The van der Waals surface area contributed by atoms with Crippen molar-refractivity contribution in [3.63, 3.8) is 0 Å². The molecule has 1 aliphatic heterocycles. The molecular formula is C18H17N3O3S.